The molecule has 0 amide bonds. The van der Waals surface area contributed by atoms with Crippen molar-refractivity contribution < 1.29 is 9.53 Å². The molecule has 0 unspecified atom stereocenters. The van der Waals surface area contributed by atoms with Gasteiger partial charge in [0.1, 0.15) is 4.60 Å². The number of nitrogens with zero attached hydrogens (tertiary/aromatic N) is 1. The maximum atomic E-state index is 11.0. The van der Waals surface area contributed by atoms with E-state index in [1.54, 1.807) is 5.38 Å². The Labute approximate surface area is 81.9 Å². The molecule has 0 spiro atoms. The third kappa shape index (κ3) is 2.32. The number of carbonyl (C=O) groups is 1. The summed E-state index contributed by atoms with van der Waals surface area (Å²) in [5.41, 5.74) is 0. The van der Waals surface area contributed by atoms with Crippen molar-refractivity contribution in [3.8, 4) is 12.3 Å². The normalized spacial score (nSPS) is 9.00. The van der Waals surface area contributed by atoms with Gasteiger partial charge in [-0.2, -0.15) is 0 Å². The summed E-state index contributed by atoms with van der Waals surface area (Å²) < 4.78 is 5.27. The maximum absolute atomic E-state index is 11.0. The van der Waals surface area contributed by atoms with Gasteiger partial charge in [-0.1, -0.05) is 5.92 Å². The molecule has 0 fully saturated rings. The second kappa shape index (κ2) is 4.24. The number of hydrogen-bond donors (Lipinski definition) is 0. The van der Waals surface area contributed by atoms with Crippen LogP contribution in [0.1, 0.15) is 9.80 Å². The van der Waals surface area contributed by atoms with Crippen LogP contribution in [0.15, 0.2) is 9.98 Å². The van der Waals surface area contributed by atoms with E-state index in [4.69, 9.17) is 6.42 Å². The van der Waals surface area contributed by atoms with Crippen LogP contribution in [0.2, 0.25) is 0 Å². The van der Waals surface area contributed by atoms with Gasteiger partial charge in [0.25, 0.3) is 0 Å². The van der Waals surface area contributed by atoms with Crippen LogP contribution in [0.5, 0.6) is 0 Å². The van der Waals surface area contributed by atoms with Crippen molar-refractivity contribution in [2.24, 2.45) is 0 Å². The summed E-state index contributed by atoms with van der Waals surface area (Å²) in [5, 5.41) is 2.00. The first-order valence-corrected chi connectivity index (χ1v) is 4.63. The second-order valence-electron chi connectivity index (χ2n) is 1.76. The van der Waals surface area contributed by atoms with E-state index in [2.05, 4.69) is 31.6 Å². The van der Waals surface area contributed by atoms with Gasteiger partial charge in [0.05, 0.1) is 0 Å². The number of thiazole rings is 1. The summed E-state index contributed by atoms with van der Waals surface area (Å²) in [6.45, 7) is -0.0178. The van der Waals surface area contributed by atoms with Gasteiger partial charge >= 0.3 is 5.97 Å². The van der Waals surface area contributed by atoms with E-state index in [0.717, 1.165) is 0 Å². The van der Waals surface area contributed by atoms with Crippen LogP contribution >= 0.6 is 27.3 Å². The zero-order valence-electron chi connectivity index (χ0n) is 5.91. The Morgan fingerprint density at radius 1 is 1.92 bits per heavy atom. The van der Waals surface area contributed by atoms with Crippen LogP contribution in [0, 0.1) is 12.3 Å². The number of carbonyl (C=O) groups excluding carboxylic acids is 1. The minimum atomic E-state index is -0.483. The molecule has 0 bridgehead atoms. The molecule has 0 saturated heterocycles. The Morgan fingerprint density at radius 3 is 3.17 bits per heavy atom. The number of ether oxygens (including phenoxy) is 1. The number of rotatable bonds is 2. The first kappa shape index (κ1) is 9.23. The molecule has 0 aliphatic carbocycles. The lowest BCUT2D eigenvalue weighted by atomic mass is 10.7. The smallest absolute Gasteiger partial charge is 0.368 e. The average molecular weight is 246 g/mol. The molecule has 12 heavy (non-hydrogen) atoms. The minimum absolute atomic E-state index is 0.0178. The van der Waals surface area contributed by atoms with E-state index in [-0.39, 0.29) is 6.61 Å². The molecular weight excluding hydrogens is 242 g/mol. The molecule has 1 aromatic heterocycles. The van der Waals surface area contributed by atoms with Gasteiger partial charge in [-0.3, -0.25) is 0 Å². The number of aromatic nitrogens is 1. The van der Waals surface area contributed by atoms with Crippen molar-refractivity contribution >= 4 is 33.2 Å². The Balaban J connectivity index is 2.61. The molecule has 5 heteroatoms. The minimum Gasteiger partial charge on any atom is -0.447 e. The standard InChI is InChI=1S/C7H4BrNO2S/c1-2-3-11-7(10)6-9-5(8)4-12-6/h1,4H,3H2. The van der Waals surface area contributed by atoms with Crippen molar-refractivity contribution in [1.82, 2.24) is 4.98 Å². The summed E-state index contributed by atoms with van der Waals surface area (Å²) in [5.74, 6) is 1.71. The fraction of sp³-hybridized carbons (Fsp3) is 0.143. The van der Waals surface area contributed by atoms with Gasteiger partial charge in [0.2, 0.25) is 5.01 Å². The van der Waals surface area contributed by atoms with Crippen LogP contribution in [0.4, 0.5) is 0 Å². The monoisotopic (exact) mass is 245 g/mol. The van der Waals surface area contributed by atoms with Crippen LogP contribution < -0.4 is 0 Å². The summed E-state index contributed by atoms with van der Waals surface area (Å²) in [6, 6.07) is 0. The highest BCUT2D eigenvalue weighted by Gasteiger charge is 2.10. The zero-order valence-corrected chi connectivity index (χ0v) is 8.31. The Hall–Kier alpha value is -0.860. The highest BCUT2D eigenvalue weighted by molar-refractivity contribution is 9.10. The number of halogens is 1. The predicted octanol–water partition coefficient (Wildman–Crippen LogP) is 1.70. The van der Waals surface area contributed by atoms with E-state index in [1.807, 2.05) is 0 Å². The highest BCUT2D eigenvalue weighted by atomic mass is 79.9. The number of esters is 1. The van der Waals surface area contributed by atoms with Gasteiger partial charge in [-0.05, 0) is 15.9 Å². The van der Waals surface area contributed by atoms with E-state index in [1.165, 1.54) is 11.3 Å². The molecule has 3 nitrogen and oxygen atoms in total. The second-order valence-corrected chi connectivity index (χ2v) is 3.43. The third-order valence-corrected chi connectivity index (χ3v) is 2.47. The van der Waals surface area contributed by atoms with E-state index < -0.39 is 5.97 Å². The molecule has 0 saturated carbocycles. The molecule has 1 heterocycles. The number of hydrogen-bond acceptors (Lipinski definition) is 4. The highest BCUT2D eigenvalue weighted by Crippen LogP contribution is 2.15. The third-order valence-electron chi connectivity index (χ3n) is 0.937. The van der Waals surface area contributed by atoms with E-state index >= 15 is 0 Å². The summed E-state index contributed by atoms with van der Waals surface area (Å²) in [4.78, 5) is 14.9. The summed E-state index contributed by atoms with van der Waals surface area (Å²) >= 11 is 4.33. The molecule has 0 aromatic carbocycles. The lowest BCUT2D eigenvalue weighted by Crippen LogP contribution is -2.04. The van der Waals surface area contributed by atoms with Gasteiger partial charge in [0.15, 0.2) is 6.61 Å². The average Bonchev–Trinajstić information content (AvgIpc) is 2.47. The molecule has 62 valence electrons. The van der Waals surface area contributed by atoms with Crippen molar-refractivity contribution in [1.29, 1.82) is 0 Å². The van der Waals surface area contributed by atoms with Crippen molar-refractivity contribution in [2.45, 2.75) is 0 Å². The Kier molecular flexibility index (Phi) is 3.26. The molecular formula is C7H4BrNO2S. The molecule has 0 radical (unpaired) electrons. The molecule has 0 atom stereocenters. The number of terminal acetylenes is 1. The maximum Gasteiger partial charge on any atom is 0.368 e. The molecule has 0 aliphatic heterocycles. The van der Waals surface area contributed by atoms with E-state index in [9.17, 15) is 4.79 Å². The van der Waals surface area contributed by atoms with Crippen LogP contribution in [-0.4, -0.2) is 17.6 Å². The largest absolute Gasteiger partial charge is 0.447 e. The fourth-order valence-corrected chi connectivity index (χ4v) is 1.66. The first-order valence-electron chi connectivity index (χ1n) is 2.95. The SMILES string of the molecule is C#CCOC(=O)c1nc(Br)cs1. The Bertz CT molecular complexity index is 328. The van der Waals surface area contributed by atoms with Gasteiger partial charge in [-0.25, -0.2) is 9.78 Å². The van der Waals surface area contributed by atoms with Crippen LogP contribution in [0.25, 0.3) is 0 Å². The lowest BCUT2D eigenvalue weighted by molar-refractivity contribution is 0.0556. The van der Waals surface area contributed by atoms with Gasteiger partial charge in [0, 0.05) is 5.38 Å². The quantitative estimate of drug-likeness (QED) is 0.588. The summed E-state index contributed by atoms with van der Waals surface area (Å²) in [7, 11) is 0. The van der Waals surface area contributed by atoms with Crippen LogP contribution in [-0.2, 0) is 4.74 Å². The van der Waals surface area contributed by atoms with Crippen LogP contribution in [0.3, 0.4) is 0 Å². The van der Waals surface area contributed by atoms with Crippen molar-refractivity contribution in [2.75, 3.05) is 6.61 Å². The summed E-state index contributed by atoms with van der Waals surface area (Å²) in [6.07, 6.45) is 4.91. The van der Waals surface area contributed by atoms with Gasteiger partial charge in [-0.15, -0.1) is 17.8 Å². The Morgan fingerprint density at radius 2 is 2.67 bits per heavy atom. The molecule has 0 N–H and O–H groups in total. The first-order chi connectivity index (χ1) is 5.74. The predicted molar refractivity (Wildman–Crippen MR) is 48.9 cm³/mol. The van der Waals surface area contributed by atoms with Gasteiger partial charge < -0.3 is 4.74 Å². The molecule has 1 rings (SSSR count). The topological polar surface area (TPSA) is 39.2 Å². The zero-order chi connectivity index (χ0) is 8.97. The fourth-order valence-electron chi connectivity index (χ4n) is 0.517. The van der Waals surface area contributed by atoms with E-state index in [0.29, 0.717) is 9.61 Å². The molecule has 0 aliphatic rings. The van der Waals surface area contributed by atoms with Crippen molar-refractivity contribution in [3.63, 3.8) is 0 Å². The van der Waals surface area contributed by atoms with Crippen molar-refractivity contribution in [3.05, 3.63) is 15.0 Å². The lowest BCUT2D eigenvalue weighted by Gasteiger charge is -1.94. The molecule has 1 aromatic rings.